The first kappa shape index (κ1) is 19.0. The van der Waals surface area contributed by atoms with Crippen LogP contribution in [0.3, 0.4) is 0 Å². The highest BCUT2D eigenvalue weighted by Crippen LogP contribution is 2.17. The molecule has 1 atom stereocenters. The fourth-order valence-electron chi connectivity index (χ4n) is 2.68. The Kier molecular flexibility index (Phi) is 5.59. The minimum Gasteiger partial charge on any atom is -0.497 e. The Morgan fingerprint density at radius 3 is 2.36 bits per heavy atom. The number of urea groups is 1. The molecule has 0 saturated heterocycles. The van der Waals surface area contributed by atoms with E-state index in [4.69, 9.17) is 10.5 Å². The van der Waals surface area contributed by atoms with E-state index in [0.29, 0.717) is 11.4 Å². The number of hydrogen-bond donors (Lipinski definition) is 3. The maximum Gasteiger partial charge on any atom is 0.316 e. The number of hydrogen-bond acceptors (Lipinski definition) is 4. The van der Waals surface area contributed by atoms with Gasteiger partial charge in [-0.25, -0.2) is 9.48 Å². The molecule has 0 saturated carbocycles. The Morgan fingerprint density at radius 2 is 1.75 bits per heavy atom. The van der Waals surface area contributed by atoms with Crippen molar-refractivity contribution in [3.8, 4) is 11.4 Å². The van der Waals surface area contributed by atoms with E-state index in [-0.39, 0.29) is 11.9 Å². The van der Waals surface area contributed by atoms with Crippen LogP contribution in [0.15, 0.2) is 60.8 Å². The van der Waals surface area contributed by atoms with E-state index in [1.807, 2.05) is 43.3 Å². The fraction of sp³-hybridized carbons (Fsp3) is 0.150. The molecule has 3 rings (SSSR count). The normalized spacial score (nSPS) is 11.5. The summed E-state index contributed by atoms with van der Waals surface area (Å²) in [6.07, 6.45) is 1.73. The molecule has 144 valence electrons. The number of rotatable bonds is 6. The van der Waals surface area contributed by atoms with E-state index in [1.54, 1.807) is 36.2 Å². The van der Waals surface area contributed by atoms with Gasteiger partial charge in [-0.3, -0.25) is 4.79 Å². The van der Waals surface area contributed by atoms with E-state index < -0.39 is 6.03 Å². The molecule has 3 aromatic rings. The van der Waals surface area contributed by atoms with Crippen molar-refractivity contribution < 1.29 is 14.3 Å². The van der Waals surface area contributed by atoms with Gasteiger partial charge in [0.1, 0.15) is 5.75 Å². The van der Waals surface area contributed by atoms with E-state index >= 15 is 0 Å². The maximum atomic E-state index is 12.5. The summed E-state index contributed by atoms with van der Waals surface area (Å²) in [6.45, 7) is 1.87. The molecule has 0 radical (unpaired) electrons. The van der Waals surface area contributed by atoms with Crippen molar-refractivity contribution >= 4 is 17.6 Å². The molecule has 8 nitrogen and oxygen atoms in total. The van der Waals surface area contributed by atoms with Gasteiger partial charge in [-0.15, -0.1) is 0 Å². The Bertz CT molecular complexity index is 964. The molecular weight excluding hydrogens is 358 g/mol. The molecule has 1 heterocycles. The number of ether oxygens (including phenoxy) is 1. The number of carbonyl (C=O) groups is 2. The summed E-state index contributed by atoms with van der Waals surface area (Å²) in [6, 6.07) is 15.2. The molecular formula is C20H21N5O3. The van der Waals surface area contributed by atoms with Gasteiger partial charge in [-0.1, -0.05) is 12.1 Å². The summed E-state index contributed by atoms with van der Waals surface area (Å²) < 4.78 is 6.77. The Morgan fingerprint density at radius 1 is 1.07 bits per heavy atom. The van der Waals surface area contributed by atoms with Crippen molar-refractivity contribution in [2.75, 3.05) is 12.4 Å². The van der Waals surface area contributed by atoms with Crippen LogP contribution in [0.1, 0.15) is 29.0 Å². The van der Waals surface area contributed by atoms with Gasteiger partial charge in [0.05, 0.1) is 18.8 Å². The SMILES string of the molecule is COc1ccc(-n2ccc(C(=O)NC(C)c3ccc(NC(N)=O)cc3)n2)cc1. The fourth-order valence-corrected chi connectivity index (χ4v) is 2.68. The predicted octanol–water partition coefficient (Wildman–Crippen LogP) is 2.86. The van der Waals surface area contributed by atoms with Crippen LogP contribution in [0.25, 0.3) is 5.69 Å². The third-order valence-electron chi connectivity index (χ3n) is 4.18. The summed E-state index contributed by atoms with van der Waals surface area (Å²) in [5.41, 5.74) is 7.71. The van der Waals surface area contributed by atoms with E-state index in [0.717, 1.165) is 17.0 Å². The number of aromatic nitrogens is 2. The predicted molar refractivity (Wildman–Crippen MR) is 106 cm³/mol. The summed E-state index contributed by atoms with van der Waals surface area (Å²) in [4.78, 5) is 23.4. The van der Waals surface area contributed by atoms with Gasteiger partial charge in [0.15, 0.2) is 5.69 Å². The molecule has 1 unspecified atom stereocenters. The number of nitrogens with one attached hydrogen (secondary N) is 2. The lowest BCUT2D eigenvalue weighted by Crippen LogP contribution is -2.27. The van der Waals surface area contributed by atoms with Crippen LogP contribution in [-0.4, -0.2) is 28.8 Å². The van der Waals surface area contributed by atoms with Gasteiger partial charge in [-0.2, -0.15) is 5.10 Å². The highest BCUT2D eigenvalue weighted by molar-refractivity contribution is 5.92. The lowest BCUT2D eigenvalue weighted by Gasteiger charge is -2.14. The minimum absolute atomic E-state index is 0.235. The highest BCUT2D eigenvalue weighted by atomic mass is 16.5. The largest absolute Gasteiger partial charge is 0.497 e. The van der Waals surface area contributed by atoms with Crippen molar-refractivity contribution in [1.82, 2.24) is 15.1 Å². The lowest BCUT2D eigenvalue weighted by molar-refractivity contribution is 0.0934. The van der Waals surface area contributed by atoms with Gasteiger partial charge in [0, 0.05) is 11.9 Å². The second-order valence-electron chi connectivity index (χ2n) is 6.15. The number of methoxy groups -OCH3 is 1. The number of anilines is 1. The van der Waals surface area contributed by atoms with Crippen molar-refractivity contribution in [2.24, 2.45) is 5.73 Å². The van der Waals surface area contributed by atoms with Crippen LogP contribution in [0.2, 0.25) is 0 Å². The molecule has 0 spiro atoms. The molecule has 1 aromatic heterocycles. The number of benzene rings is 2. The first-order chi connectivity index (χ1) is 13.5. The smallest absolute Gasteiger partial charge is 0.316 e. The van der Waals surface area contributed by atoms with Gasteiger partial charge in [-0.05, 0) is 55.0 Å². The van der Waals surface area contributed by atoms with Crippen LogP contribution >= 0.6 is 0 Å². The van der Waals surface area contributed by atoms with Crippen molar-refractivity contribution in [1.29, 1.82) is 0 Å². The molecule has 2 aromatic carbocycles. The number of carbonyl (C=O) groups excluding carboxylic acids is 2. The quantitative estimate of drug-likeness (QED) is 0.611. The van der Waals surface area contributed by atoms with Crippen LogP contribution < -0.4 is 21.1 Å². The highest BCUT2D eigenvalue weighted by Gasteiger charge is 2.14. The minimum atomic E-state index is -0.624. The zero-order chi connectivity index (χ0) is 20.1. The van der Waals surface area contributed by atoms with E-state index in [9.17, 15) is 9.59 Å². The first-order valence-electron chi connectivity index (χ1n) is 8.63. The second-order valence-corrected chi connectivity index (χ2v) is 6.15. The van der Waals surface area contributed by atoms with Gasteiger partial charge in [0.25, 0.3) is 5.91 Å². The maximum absolute atomic E-state index is 12.5. The van der Waals surface area contributed by atoms with Gasteiger partial charge < -0.3 is 21.1 Å². The van der Waals surface area contributed by atoms with E-state index in [2.05, 4.69) is 15.7 Å². The topological polar surface area (TPSA) is 111 Å². The Labute approximate surface area is 162 Å². The molecule has 3 amide bonds. The second kappa shape index (κ2) is 8.26. The Balaban J connectivity index is 1.65. The average Bonchev–Trinajstić information content (AvgIpc) is 3.18. The molecule has 0 aliphatic heterocycles. The van der Waals surface area contributed by atoms with Crippen molar-refractivity contribution in [2.45, 2.75) is 13.0 Å². The Hall–Kier alpha value is -3.81. The monoisotopic (exact) mass is 379 g/mol. The van der Waals surface area contributed by atoms with E-state index in [1.165, 1.54) is 0 Å². The average molecular weight is 379 g/mol. The molecule has 0 aliphatic rings. The summed E-state index contributed by atoms with van der Waals surface area (Å²) >= 11 is 0. The van der Waals surface area contributed by atoms with Gasteiger partial charge in [0.2, 0.25) is 0 Å². The zero-order valence-electron chi connectivity index (χ0n) is 15.5. The number of nitrogens with zero attached hydrogens (tertiary/aromatic N) is 2. The third-order valence-corrected chi connectivity index (χ3v) is 4.18. The molecule has 4 N–H and O–H groups in total. The summed E-state index contributed by atoms with van der Waals surface area (Å²) in [7, 11) is 1.61. The lowest BCUT2D eigenvalue weighted by atomic mass is 10.1. The molecule has 0 aliphatic carbocycles. The van der Waals surface area contributed by atoms with Crippen molar-refractivity contribution in [3.63, 3.8) is 0 Å². The van der Waals surface area contributed by atoms with Gasteiger partial charge >= 0.3 is 6.03 Å². The van der Waals surface area contributed by atoms with Crippen LogP contribution in [0.4, 0.5) is 10.5 Å². The third kappa shape index (κ3) is 4.47. The first-order valence-corrected chi connectivity index (χ1v) is 8.63. The molecule has 0 fully saturated rings. The molecule has 0 bridgehead atoms. The zero-order valence-corrected chi connectivity index (χ0v) is 15.5. The number of nitrogens with two attached hydrogens (primary N) is 1. The van der Waals surface area contributed by atoms with Crippen LogP contribution in [0.5, 0.6) is 5.75 Å². The van der Waals surface area contributed by atoms with Crippen LogP contribution in [0, 0.1) is 0 Å². The number of primary amides is 1. The van der Waals surface area contributed by atoms with Crippen LogP contribution in [-0.2, 0) is 0 Å². The van der Waals surface area contributed by atoms with Crippen molar-refractivity contribution in [3.05, 3.63) is 72.1 Å². The molecule has 8 heteroatoms. The summed E-state index contributed by atoms with van der Waals surface area (Å²) in [5.74, 6) is 0.471. The summed E-state index contributed by atoms with van der Waals surface area (Å²) in [5, 5.41) is 9.73. The number of amides is 3. The molecule has 28 heavy (non-hydrogen) atoms. The standard InChI is InChI=1S/C20H21N5O3/c1-13(14-3-5-15(6-4-14)23-20(21)27)22-19(26)18-11-12-25(24-18)16-7-9-17(28-2)10-8-16/h3-13H,1-2H3,(H,22,26)(H3,21,23,27).